The molecule has 1 saturated heterocycles. The van der Waals surface area contributed by atoms with Crippen LogP contribution >= 0.6 is 11.8 Å². The Morgan fingerprint density at radius 1 is 1.23 bits per heavy atom. The summed E-state index contributed by atoms with van der Waals surface area (Å²) in [6, 6.07) is 3.96. The number of H-pyrrole nitrogens is 1. The van der Waals surface area contributed by atoms with Gasteiger partial charge in [0.15, 0.2) is 10.8 Å². The summed E-state index contributed by atoms with van der Waals surface area (Å²) in [5.74, 6) is 1.05. The molecule has 2 aromatic rings. The first-order valence-electron chi connectivity index (χ1n) is 8.10. The summed E-state index contributed by atoms with van der Waals surface area (Å²) in [5, 5.41) is 0.973. The molecule has 1 aliphatic rings. The summed E-state index contributed by atoms with van der Waals surface area (Å²) in [6.45, 7) is 10.6. The molecule has 5 heteroatoms. The number of nitrogens with zero attached hydrogens (tertiary/aromatic N) is 3. The minimum Gasteiger partial charge on any atom is -0.332 e. The molecule has 1 fully saturated rings. The fraction of sp³-hybridized carbons (Fsp3) is 0.647. The lowest BCUT2D eigenvalue weighted by molar-refractivity contribution is -0.0209. The van der Waals surface area contributed by atoms with Crippen molar-refractivity contribution in [2.24, 2.45) is 0 Å². The van der Waals surface area contributed by atoms with Crippen molar-refractivity contribution in [3.8, 4) is 0 Å². The Labute approximate surface area is 137 Å². The van der Waals surface area contributed by atoms with Crippen molar-refractivity contribution in [2.75, 3.05) is 12.3 Å². The van der Waals surface area contributed by atoms with Crippen molar-refractivity contribution >= 4 is 22.9 Å². The lowest BCUT2D eigenvalue weighted by Crippen LogP contribution is -2.59. The largest absolute Gasteiger partial charge is 0.332 e. The molecule has 0 saturated carbocycles. The van der Waals surface area contributed by atoms with Crippen LogP contribution < -0.4 is 0 Å². The van der Waals surface area contributed by atoms with Crippen LogP contribution in [0.5, 0.6) is 0 Å². The second kappa shape index (κ2) is 5.85. The second-order valence-corrected chi connectivity index (χ2v) is 8.48. The number of pyridine rings is 1. The van der Waals surface area contributed by atoms with Gasteiger partial charge in [-0.15, -0.1) is 0 Å². The second-order valence-electron chi connectivity index (χ2n) is 7.40. The molecule has 0 amide bonds. The van der Waals surface area contributed by atoms with Crippen LogP contribution in [0.15, 0.2) is 23.5 Å². The van der Waals surface area contributed by atoms with E-state index in [4.69, 9.17) is 0 Å². The highest BCUT2D eigenvalue weighted by Gasteiger charge is 2.40. The van der Waals surface area contributed by atoms with E-state index in [-0.39, 0.29) is 11.1 Å². The molecular formula is C17H26N4S. The van der Waals surface area contributed by atoms with E-state index in [1.54, 1.807) is 18.0 Å². The van der Waals surface area contributed by atoms with Gasteiger partial charge in [-0.1, -0.05) is 11.8 Å². The predicted molar refractivity (Wildman–Crippen MR) is 93.3 cm³/mol. The van der Waals surface area contributed by atoms with Crippen molar-refractivity contribution in [2.45, 2.75) is 63.2 Å². The van der Waals surface area contributed by atoms with Crippen LogP contribution in [-0.2, 0) is 0 Å². The number of nitrogens with one attached hydrogen (secondary N) is 1. The summed E-state index contributed by atoms with van der Waals surface area (Å²) in [6.07, 6.45) is 5.70. The number of hydrogen-bond donors (Lipinski definition) is 1. The fourth-order valence-electron chi connectivity index (χ4n) is 3.77. The van der Waals surface area contributed by atoms with Crippen LogP contribution in [0.1, 0.15) is 47.0 Å². The molecule has 0 bridgehead atoms. The number of thioether (sulfide) groups is 1. The number of hydrogen-bond acceptors (Lipinski definition) is 4. The average molecular weight is 318 g/mol. The maximum Gasteiger partial charge on any atom is 0.178 e. The van der Waals surface area contributed by atoms with Gasteiger partial charge in [0.1, 0.15) is 0 Å². The number of rotatable bonds is 4. The third kappa shape index (κ3) is 3.15. The molecule has 2 aromatic heterocycles. The Balaban J connectivity index is 1.64. The van der Waals surface area contributed by atoms with Gasteiger partial charge in [-0.3, -0.25) is 4.90 Å². The molecule has 1 N–H and O–H groups in total. The Hall–Kier alpha value is -1.07. The van der Waals surface area contributed by atoms with Gasteiger partial charge in [0.05, 0.1) is 5.52 Å². The van der Waals surface area contributed by atoms with Gasteiger partial charge in [-0.05, 0) is 59.1 Å². The Morgan fingerprint density at radius 2 is 1.95 bits per heavy atom. The smallest absolute Gasteiger partial charge is 0.178 e. The zero-order valence-corrected chi connectivity index (χ0v) is 14.8. The molecule has 3 heterocycles. The molecule has 3 rings (SSSR count). The van der Waals surface area contributed by atoms with E-state index < -0.39 is 0 Å². The van der Waals surface area contributed by atoms with Crippen LogP contribution in [0, 0.1) is 0 Å². The van der Waals surface area contributed by atoms with Gasteiger partial charge in [0.25, 0.3) is 0 Å². The summed E-state index contributed by atoms with van der Waals surface area (Å²) in [4.78, 5) is 14.8. The highest BCUT2D eigenvalue weighted by atomic mass is 32.2. The first-order chi connectivity index (χ1) is 10.4. The Kier molecular flexibility index (Phi) is 4.21. The minimum absolute atomic E-state index is 0.289. The molecule has 0 spiro atoms. The maximum absolute atomic E-state index is 4.55. The van der Waals surface area contributed by atoms with Crippen LogP contribution in [0.4, 0.5) is 0 Å². The molecule has 4 nitrogen and oxygen atoms in total. The zero-order chi connectivity index (χ0) is 15.8. The van der Waals surface area contributed by atoms with E-state index in [2.05, 4.69) is 47.5 Å². The molecule has 1 aliphatic heterocycles. The fourth-order valence-corrected chi connectivity index (χ4v) is 4.57. The highest BCUT2D eigenvalue weighted by molar-refractivity contribution is 7.99. The van der Waals surface area contributed by atoms with Gasteiger partial charge in [-0.2, -0.15) is 0 Å². The lowest BCUT2D eigenvalue weighted by atomic mass is 9.80. The van der Waals surface area contributed by atoms with E-state index in [0.29, 0.717) is 0 Å². The SMILES string of the molecule is CC1(C)CCCC(C)(C)N1CCSc1nc2ncccc2[nH]1. The summed E-state index contributed by atoms with van der Waals surface area (Å²) < 4.78 is 0. The minimum atomic E-state index is 0.289. The normalized spacial score (nSPS) is 21.3. The molecule has 120 valence electrons. The molecule has 0 radical (unpaired) electrons. The number of imidazole rings is 1. The third-order valence-corrected chi connectivity index (χ3v) is 5.68. The van der Waals surface area contributed by atoms with Crippen LogP contribution in [0.2, 0.25) is 0 Å². The molecule has 0 aliphatic carbocycles. The van der Waals surface area contributed by atoms with Gasteiger partial charge >= 0.3 is 0 Å². The van der Waals surface area contributed by atoms with Gasteiger partial charge in [-0.25, -0.2) is 9.97 Å². The van der Waals surface area contributed by atoms with E-state index in [0.717, 1.165) is 28.6 Å². The molecular weight excluding hydrogens is 292 g/mol. The van der Waals surface area contributed by atoms with E-state index >= 15 is 0 Å². The topological polar surface area (TPSA) is 44.8 Å². The summed E-state index contributed by atoms with van der Waals surface area (Å²) in [5.41, 5.74) is 2.41. The molecule has 0 aromatic carbocycles. The Morgan fingerprint density at radius 3 is 2.64 bits per heavy atom. The van der Waals surface area contributed by atoms with Crippen molar-refractivity contribution in [3.63, 3.8) is 0 Å². The number of aromatic amines is 1. The first kappa shape index (κ1) is 15.8. The number of aromatic nitrogens is 3. The van der Waals surface area contributed by atoms with Crippen molar-refractivity contribution in [1.29, 1.82) is 0 Å². The monoisotopic (exact) mass is 318 g/mol. The Bertz CT molecular complexity index is 598. The molecule has 0 atom stereocenters. The van der Waals surface area contributed by atoms with Crippen LogP contribution in [0.25, 0.3) is 11.2 Å². The standard InChI is InChI=1S/C17H26N4S/c1-16(2)8-6-9-17(3,4)21(16)11-12-22-15-19-13-7-5-10-18-14(13)20-15/h5,7,10H,6,8-9,11-12H2,1-4H3,(H,18,19,20). The van der Waals surface area contributed by atoms with Crippen molar-refractivity contribution < 1.29 is 0 Å². The number of likely N-dealkylation sites (tertiary alicyclic amines) is 1. The maximum atomic E-state index is 4.55. The first-order valence-corrected chi connectivity index (χ1v) is 9.08. The van der Waals surface area contributed by atoms with Gasteiger partial charge in [0, 0.05) is 29.6 Å². The predicted octanol–water partition coefficient (Wildman–Crippen LogP) is 4.09. The van der Waals surface area contributed by atoms with Crippen LogP contribution in [0.3, 0.4) is 0 Å². The third-order valence-electron chi connectivity index (χ3n) is 4.83. The van der Waals surface area contributed by atoms with Gasteiger partial charge < -0.3 is 4.98 Å². The summed E-state index contributed by atoms with van der Waals surface area (Å²) in [7, 11) is 0. The number of piperidine rings is 1. The average Bonchev–Trinajstić information content (AvgIpc) is 2.84. The van der Waals surface area contributed by atoms with Crippen molar-refractivity contribution in [1.82, 2.24) is 19.9 Å². The van der Waals surface area contributed by atoms with E-state index in [1.807, 2.05) is 12.1 Å². The van der Waals surface area contributed by atoms with Crippen molar-refractivity contribution in [3.05, 3.63) is 18.3 Å². The summed E-state index contributed by atoms with van der Waals surface area (Å²) >= 11 is 1.79. The highest BCUT2D eigenvalue weighted by Crippen LogP contribution is 2.38. The van der Waals surface area contributed by atoms with Gasteiger partial charge in [0.2, 0.25) is 0 Å². The number of fused-ring (bicyclic) bond motifs is 1. The lowest BCUT2D eigenvalue weighted by Gasteiger charge is -2.53. The van der Waals surface area contributed by atoms with Crippen LogP contribution in [-0.4, -0.2) is 43.2 Å². The van der Waals surface area contributed by atoms with E-state index in [1.165, 1.54) is 19.3 Å². The van der Waals surface area contributed by atoms with E-state index in [9.17, 15) is 0 Å². The molecule has 22 heavy (non-hydrogen) atoms. The quantitative estimate of drug-likeness (QED) is 0.862. The zero-order valence-electron chi connectivity index (χ0n) is 14.0. The molecule has 0 unspecified atom stereocenters.